The molecule has 0 saturated heterocycles. The fourth-order valence-electron chi connectivity index (χ4n) is 1.38. The molecule has 0 rings (SSSR count). The van der Waals surface area contributed by atoms with Gasteiger partial charge in [0.2, 0.25) is 20.8 Å². The Balaban J connectivity index is -0.000000333. The maximum Gasteiger partial charge on any atom is 2.00 e. The van der Waals surface area contributed by atoms with Gasteiger partial charge in [-0.05, 0) is 12.8 Å². The van der Waals surface area contributed by atoms with Gasteiger partial charge < -0.3 is 9.11 Å². The van der Waals surface area contributed by atoms with Crippen molar-refractivity contribution in [3.05, 3.63) is 0 Å². The van der Waals surface area contributed by atoms with Crippen LogP contribution in [0.15, 0.2) is 0 Å². The molecule has 8 nitrogen and oxygen atoms in total. The summed E-state index contributed by atoms with van der Waals surface area (Å²) in [6.07, 6.45) is 7.32. The minimum Gasteiger partial charge on any atom is -0.726 e. The Morgan fingerprint density at radius 1 is 0.652 bits per heavy atom. The van der Waals surface area contributed by atoms with Crippen molar-refractivity contribution in [2.24, 2.45) is 0 Å². The molecule has 23 heavy (non-hydrogen) atoms. The van der Waals surface area contributed by atoms with Crippen LogP contribution in [0.1, 0.15) is 65.2 Å². The van der Waals surface area contributed by atoms with E-state index in [0.29, 0.717) is 12.8 Å². The average Bonchev–Trinajstić information content (AvgIpc) is 2.36. The zero-order valence-corrected chi connectivity index (χ0v) is 18.5. The van der Waals surface area contributed by atoms with Gasteiger partial charge >= 0.3 is 19.5 Å². The van der Waals surface area contributed by atoms with Crippen molar-refractivity contribution in [3.63, 3.8) is 0 Å². The minimum atomic E-state index is -4.46. The van der Waals surface area contributed by atoms with Gasteiger partial charge in [0, 0.05) is 0 Å². The molecule has 136 valence electrons. The third-order valence-electron chi connectivity index (χ3n) is 2.45. The van der Waals surface area contributed by atoms with Crippen LogP contribution in [0.5, 0.6) is 0 Å². The van der Waals surface area contributed by atoms with Gasteiger partial charge in [-0.2, -0.15) is 0 Å². The Bertz CT molecular complexity index is 394. The summed E-state index contributed by atoms with van der Waals surface area (Å²) < 4.78 is 67.3. The molecule has 0 aromatic rings. The van der Waals surface area contributed by atoms with Crippen LogP contribution in [-0.4, -0.2) is 39.2 Å². The number of rotatable bonds is 12. The first kappa shape index (κ1) is 28.2. The molecular formula is C12H26O8S2Zn. The van der Waals surface area contributed by atoms with E-state index in [2.05, 4.69) is 8.37 Å². The fourth-order valence-corrected chi connectivity index (χ4v) is 2.02. The van der Waals surface area contributed by atoms with E-state index in [0.717, 1.165) is 38.5 Å². The normalized spacial score (nSPS) is 11.3. The van der Waals surface area contributed by atoms with Crippen molar-refractivity contribution >= 4 is 20.8 Å². The van der Waals surface area contributed by atoms with E-state index in [4.69, 9.17) is 0 Å². The van der Waals surface area contributed by atoms with E-state index >= 15 is 0 Å². The largest absolute Gasteiger partial charge is 2.00 e. The third-order valence-corrected chi connectivity index (χ3v) is 3.36. The van der Waals surface area contributed by atoms with Gasteiger partial charge in [-0.1, -0.05) is 52.4 Å². The predicted molar refractivity (Wildman–Crippen MR) is 79.6 cm³/mol. The standard InChI is InChI=1S/2C6H14O4S.Zn/c2*1-2-3-4-5-6-10-11(7,8)9;/h2*2-6H2,1H3,(H,7,8,9);/q;;+2/p-2. The molecule has 0 aliphatic heterocycles. The summed E-state index contributed by atoms with van der Waals surface area (Å²) in [6.45, 7) is 4.13. The topological polar surface area (TPSA) is 133 Å². The molecule has 0 heterocycles. The van der Waals surface area contributed by atoms with Crippen molar-refractivity contribution in [1.29, 1.82) is 0 Å². The molecule has 0 aromatic carbocycles. The van der Waals surface area contributed by atoms with Crippen LogP contribution in [0.3, 0.4) is 0 Å². The Morgan fingerprint density at radius 2 is 0.957 bits per heavy atom. The summed E-state index contributed by atoms with van der Waals surface area (Å²) in [7, 11) is -8.92. The number of unbranched alkanes of at least 4 members (excludes halogenated alkanes) is 6. The van der Waals surface area contributed by atoms with Gasteiger partial charge in [-0.15, -0.1) is 0 Å². The Kier molecular flexibility index (Phi) is 21.1. The van der Waals surface area contributed by atoms with E-state index in [1.165, 1.54) is 0 Å². The van der Waals surface area contributed by atoms with Crippen LogP contribution in [0.4, 0.5) is 0 Å². The van der Waals surface area contributed by atoms with Gasteiger partial charge in [0.05, 0.1) is 13.2 Å². The first-order chi connectivity index (χ1) is 10.1. The molecule has 0 aliphatic carbocycles. The van der Waals surface area contributed by atoms with Crippen molar-refractivity contribution in [3.8, 4) is 0 Å². The molecule has 0 aliphatic rings. The first-order valence-corrected chi connectivity index (χ1v) is 9.99. The monoisotopic (exact) mass is 426 g/mol. The molecule has 0 atom stereocenters. The van der Waals surface area contributed by atoms with Crippen LogP contribution in [0.25, 0.3) is 0 Å². The maximum absolute atomic E-state index is 9.89. The van der Waals surface area contributed by atoms with E-state index in [9.17, 15) is 25.9 Å². The smallest absolute Gasteiger partial charge is 0.726 e. The Labute approximate surface area is 153 Å². The molecule has 0 radical (unpaired) electrons. The second kappa shape index (κ2) is 17.2. The predicted octanol–water partition coefficient (Wildman–Crippen LogP) is 2.08. The molecule has 0 aromatic heterocycles. The maximum atomic E-state index is 9.89. The van der Waals surface area contributed by atoms with Gasteiger partial charge in [-0.3, -0.25) is 8.37 Å². The summed E-state index contributed by atoms with van der Waals surface area (Å²) in [4.78, 5) is 0. The van der Waals surface area contributed by atoms with Crippen LogP contribution in [0, 0.1) is 0 Å². The fraction of sp³-hybridized carbons (Fsp3) is 1.00. The number of hydrogen-bond donors (Lipinski definition) is 0. The van der Waals surface area contributed by atoms with Crippen LogP contribution in [0.2, 0.25) is 0 Å². The van der Waals surface area contributed by atoms with Gasteiger partial charge in [0.15, 0.2) is 0 Å². The average molecular weight is 428 g/mol. The summed E-state index contributed by atoms with van der Waals surface area (Å²) in [5, 5.41) is 0. The van der Waals surface area contributed by atoms with E-state index in [-0.39, 0.29) is 32.7 Å². The molecule has 0 saturated carbocycles. The van der Waals surface area contributed by atoms with Crippen LogP contribution >= 0.6 is 0 Å². The zero-order valence-electron chi connectivity index (χ0n) is 13.9. The summed E-state index contributed by atoms with van der Waals surface area (Å²) in [6, 6.07) is 0. The first-order valence-electron chi connectivity index (χ1n) is 7.32. The zero-order chi connectivity index (χ0) is 17.5. The van der Waals surface area contributed by atoms with Crippen molar-refractivity contribution in [2.45, 2.75) is 65.2 Å². The van der Waals surface area contributed by atoms with Crippen molar-refractivity contribution in [1.82, 2.24) is 0 Å². The van der Waals surface area contributed by atoms with Crippen molar-refractivity contribution in [2.75, 3.05) is 13.2 Å². The molecule has 0 unspecified atom stereocenters. The van der Waals surface area contributed by atoms with Gasteiger partial charge in [0.1, 0.15) is 0 Å². The molecule has 0 spiro atoms. The van der Waals surface area contributed by atoms with Gasteiger partial charge in [-0.25, -0.2) is 16.8 Å². The van der Waals surface area contributed by atoms with Crippen molar-refractivity contribution < 1.29 is 53.8 Å². The Hall–Kier alpha value is 0.363. The molecule has 0 bridgehead atoms. The molecule has 0 amide bonds. The van der Waals surface area contributed by atoms with E-state index < -0.39 is 20.8 Å². The Morgan fingerprint density at radius 3 is 1.17 bits per heavy atom. The SMILES string of the molecule is CCCCCCOS(=O)(=O)[O-].CCCCCCOS(=O)(=O)[O-].[Zn+2]. The van der Waals surface area contributed by atoms with Crippen LogP contribution < -0.4 is 0 Å². The molecule has 11 heteroatoms. The second-order valence-electron chi connectivity index (χ2n) is 4.58. The number of hydrogen-bond acceptors (Lipinski definition) is 8. The van der Waals surface area contributed by atoms with E-state index in [1.54, 1.807) is 0 Å². The minimum absolute atomic E-state index is 0. The summed E-state index contributed by atoms with van der Waals surface area (Å²) in [5.74, 6) is 0. The van der Waals surface area contributed by atoms with E-state index in [1.807, 2.05) is 13.8 Å². The molecule has 0 N–H and O–H groups in total. The molecule has 0 fully saturated rings. The summed E-state index contributed by atoms with van der Waals surface area (Å²) in [5.41, 5.74) is 0. The third kappa shape index (κ3) is 34.6. The quantitative estimate of drug-likeness (QED) is 0.200. The second-order valence-corrected chi connectivity index (χ2v) is 6.69. The van der Waals surface area contributed by atoms with Crippen LogP contribution in [-0.2, 0) is 48.6 Å². The summed E-state index contributed by atoms with van der Waals surface area (Å²) >= 11 is 0. The molecular weight excluding hydrogens is 402 g/mol. The van der Waals surface area contributed by atoms with Gasteiger partial charge in [0.25, 0.3) is 0 Å².